The molecular weight excluding hydrogens is 483 g/mol. The van der Waals surface area contributed by atoms with Gasteiger partial charge in [0.2, 0.25) is 0 Å². The molecule has 0 aliphatic heterocycles. The Morgan fingerprint density at radius 2 is 0.571 bits per heavy atom. The molecule has 0 aromatic carbocycles. The fourth-order valence-electron chi connectivity index (χ4n) is 0. The Hall–Kier alpha value is 2.60. The molecule has 0 saturated carbocycles. The fraction of sp³-hybridized carbons (Fsp3) is 0. The molecule has 8 nitrogen and oxygen atoms in total. The Balaban J connectivity index is -0.0000000145. The molecule has 72 valence electrons. The van der Waals surface area contributed by atoms with Gasteiger partial charge in [-0.25, -0.2) is 0 Å². The van der Waals surface area contributed by atoms with Crippen molar-refractivity contribution in [2.24, 2.45) is 0 Å². The van der Waals surface area contributed by atoms with Gasteiger partial charge in [-0.15, -0.1) is 0 Å². The summed E-state index contributed by atoms with van der Waals surface area (Å²) in [4.78, 5) is 0. The molecule has 0 fully saturated rings. The summed E-state index contributed by atoms with van der Waals surface area (Å²) in [5, 5.41) is 0. The van der Waals surface area contributed by atoms with Crippen LogP contribution in [0.4, 0.5) is 0 Å². The first-order valence-electron chi connectivity index (χ1n) is 1.89. The monoisotopic (exact) mass is 492 g/mol. The van der Waals surface area contributed by atoms with E-state index in [0.717, 1.165) is 0 Å². The van der Waals surface area contributed by atoms with Crippen molar-refractivity contribution in [2.75, 3.05) is 0 Å². The van der Waals surface area contributed by atoms with Crippen molar-refractivity contribution >= 4 is 124 Å². The van der Waals surface area contributed by atoms with E-state index in [1.54, 1.807) is 0 Å². The molecule has 0 aliphatic carbocycles. The first-order valence-corrected chi connectivity index (χ1v) is 9.80. The molecule has 0 saturated heterocycles. The summed E-state index contributed by atoms with van der Waals surface area (Å²) in [5.41, 5.74) is 0. The molecule has 0 N–H and O–H groups in total. The Bertz CT molecular complexity index is 75.3. The third kappa shape index (κ3) is 400. The molecule has 0 atom stereocenters. The van der Waals surface area contributed by atoms with Crippen LogP contribution in [-0.2, 0) is 15.1 Å². The van der Waals surface area contributed by atoms with Gasteiger partial charge in [0.15, 0.2) is 0 Å². The predicted molar refractivity (Wildman–Crippen MR) is 42.9 cm³/mol. The number of hydrogen-bond acceptors (Lipinski definition) is 8. The van der Waals surface area contributed by atoms with Gasteiger partial charge in [-0.2, -0.15) is 0 Å². The van der Waals surface area contributed by atoms with Crippen LogP contribution in [0, 0.1) is 0 Å². The van der Waals surface area contributed by atoms with Crippen molar-refractivity contribution in [1.29, 1.82) is 0 Å². The standard InChI is InChI=1S/Ca.4GeHO2.Mg/c;4*2-1-3;/h;4*1H;/q+2;4*-1;+2. The molecule has 0 amide bonds. The van der Waals surface area contributed by atoms with E-state index < -0.39 is 62.8 Å². The van der Waals surface area contributed by atoms with Crippen LogP contribution in [0.2, 0.25) is 0 Å². The molecule has 0 bridgehead atoms. The average molecular weight is 487 g/mol. The first-order chi connectivity index (χ1) is 5.66. The Morgan fingerprint density at radius 3 is 0.571 bits per heavy atom. The van der Waals surface area contributed by atoms with Crippen molar-refractivity contribution in [1.82, 2.24) is 0 Å². The van der Waals surface area contributed by atoms with Gasteiger partial charge in [-0.3, -0.25) is 0 Å². The summed E-state index contributed by atoms with van der Waals surface area (Å²) in [5.74, 6) is 0. The van der Waals surface area contributed by atoms with Gasteiger partial charge in [0.1, 0.15) is 0 Å². The van der Waals surface area contributed by atoms with E-state index in [-0.39, 0.29) is 60.8 Å². The molecule has 0 heterocycles. The van der Waals surface area contributed by atoms with Crippen LogP contribution in [0.5, 0.6) is 0 Å². The SMILES string of the molecule is [Ca+2].[Mg+2].[O]=[GeH][O-].[O]=[GeH][O-].[O]=[GeH][O-].[O]=[GeH][O-]. The summed E-state index contributed by atoms with van der Waals surface area (Å²) >= 11 is -8.75. The molecule has 0 aromatic rings. The zero-order chi connectivity index (χ0) is 10.8. The zero-order valence-corrected chi connectivity index (χ0v) is 20.3. The van der Waals surface area contributed by atoms with Crippen molar-refractivity contribution in [2.45, 2.75) is 0 Å². The second kappa shape index (κ2) is 76.4. The van der Waals surface area contributed by atoms with E-state index in [9.17, 15) is 0 Å². The number of rotatable bonds is 0. The summed E-state index contributed by atoms with van der Waals surface area (Å²) in [6, 6.07) is 0. The zero-order valence-electron chi connectivity index (χ0n) is 6.99. The molecule has 0 aliphatic rings. The van der Waals surface area contributed by atoms with Crippen LogP contribution in [0.25, 0.3) is 0 Å². The van der Waals surface area contributed by atoms with Crippen LogP contribution >= 0.6 is 0 Å². The van der Waals surface area contributed by atoms with Gasteiger partial charge in [0, 0.05) is 0 Å². The number of hydrogen-bond donors (Lipinski definition) is 0. The molecule has 14 heteroatoms. The van der Waals surface area contributed by atoms with Crippen LogP contribution in [-0.4, -0.2) is 124 Å². The average Bonchev–Trinajstić information content (AvgIpc) is 1.92. The van der Waals surface area contributed by atoms with E-state index in [4.69, 9.17) is 31.6 Å². The molecule has 0 radical (unpaired) electrons. The summed E-state index contributed by atoms with van der Waals surface area (Å²) in [6.07, 6.45) is 0. The molecule has 0 aromatic heterocycles. The maximum absolute atomic E-state index is 8.53. The normalized spacial score (nSPS) is 3.43. The third-order valence-electron chi connectivity index (χ3n) is 0. The van der Waals surface area contributed by atoms with Crippen LogP contribution in [0.1, 0.15) is 0 Å². The minimum absolute atomic E-state index is 0. The van der Waals surface area contributed by atoms with Crippen LogP contribution < -0.4 is 16.5 Å². The molecular formula is H4CaGe4MgO8. The van der Waals surface area contributed by atoms with E-state index in [0.29, 0.717) is 0 Å². The minimum atomic E-state index is -2.19. The van der Waals surface area contributed by atoms with Crippen LogP contribution in [0.15, 0.2) is 0 Å². The maximum atomic E-state index is 8.53. The third-order valence-corrected chi connectivity index (χ3v) is 0. The van der Waals surface area contributed by atoms with E-state index in [1.165, 1.54) is 0 Å². The molecule has 0 rings (SSSR count). The Kier molecular flexibility index (Phi) is 196. The molecule has 0 unspecified atom stereocenters. The van der Waals surface area contributed by atoms with Crippen molar-refractivity contribution in [3.05, 3.63) is 0 Å². The van der Waals surface area contributed by atoms with Gasteiger partial charge in [-0.05, 0) is 0 Å². The predicted octanol–water partition coefficient (Wildman–Crippen LogP) is -8.59. The summed E-state index contributed by atoms with van der Waals surface area (Å²) < 4.78 is 68.2. The van der Waals surface area contributed by atoms with Gasteiger partial charge in [0.05, 0.1) is 0 Å². The fourth-order valence-corrected chi connectivity index (χ4v) is 0. The van der Waals surface area contributed by atoms with E-state index in [2.05, 4.69) is 0 Å². The quantitative estimate of drug-likeness (QED) is 0.305. The molecule has 0 spiro atoms. The van der Waals surface area contributed by atoms with Gasteiger partial charge < -0.3 is 0 Å². The topological polar surface area (TPSA) is 161 Å². The van der Waals surface area contributed by atoms with Gasteiger partial charge in [0.25, 0.3) is 0 Å². The second-order valence-corrected chi connectivity index (χ2v) is 2.00. The van der Waals surface area contributed by atoms with Gasteiger partial charge >= 0.3 is 155 Å². The Morgan fingerprint density at radius 1 is 0.571 bits per heavy atom. The van der Waals surface area contributed by atoms with Crippen LogP contribution in [0.3, 0.4) is 0 Å². The summed E-state index contributed by atoms with van der Waals surface area (Å²) in [7, 11) is 0. The second-order valence-electron chi connectivity index (χ2n) is 0.385. The Labute approximate surface area is 152 Å². The van der Waals surface area contributed by atoms with E-state index >= 15 is 0 Å². The van der Waals surface area contributed by atoms with Crippen molar-refractivity contribution in [3.63, 3.8) is 0 Å². The van der Waals surface area contributed by atoms with Crippen molar-refractivity contribution < 1.29 is 31.6 Å². The van der Waals surface area contributed by atoms with Crippen molar-refractivity contribution in [3.8, 4) is 0 Å². The summed E-state index contributed by atoms with van der Waals surface area (Å²) in [6.45, 7) is 0. The molecule has 14 heavy (non-hydrogen) atoms. The van der Waals surface area contributed by atoms with Gasteiger partial charge in [-0.1, -0.05) is 0 Å². The van der Waals surface area contributed by atoms with E-state index in [1.807, 2.05) is 0 Å². The first kappa shape index (κ1) is 36.0.